The van der Waals surface area contributed by atoms with E-state index in [4.69, 9.17) is 9.72 Å². The summed E-state index contributed by atoms with van der Waals surface area (Å²) in [4.78, 5) is 36.2. The molecule has 9 heteroatoms. The van der Waals surface area contributed by atoms with Crippen LogP contribution in [0.2, 0.25) is 0 Å². The summed E-state index contributed by atoms with van der Waals surface area (Å²) >= 11 is 0. The first-order valence-corrected chi connectivity index (χ1v) is 11.0. The van der Waals surface area contributed by atoms with Crippen molar-refractivity contribution in [2.75, 3.05) is 18.0 Å². The van der Waals surface area contributed by atoms with Crippen molar-refractivity contribution in [1.29, 1.82) is 0 Å². The largest absolute Gasteiger partial charge is 0.478 e. The van der Waals surface area contributed by atoms with E-state index in [1.807, 2.05) is 4.57 Å². The molecular formula is C24H27N5O4. The minimum absolute atomic E-state index is 0.0956. The smallest absolute Gasteiger partial charge is 0.335 e. The lowest BCUT2D eigenvalue weighted by Gasteiger charge is -2.27. The number of hydrogen-bond donors (Lipinski definition) is 1. The molecule has 0 bridgehead atoms. The van der Waals surface area contributed by atoms with E-state index in [1.54, 1.807) is 27.8 Å². The SMILES string of the molecule is CC#CCn1c(N2CCCCC2)nc2nc(Oc3c(C)cc(C(=O)O)cc3C)n(C)c(=O)c21. The molecule has 172 valence electrons. The number of piperidine rings is 1. The van der Waals surface area contributed by atoms with Gasteiger partial charge in [0.1, 0.15) is 5.75 Å². The van der Waals surface area contributed by atoms with Gasteiger partial charge in [0, 0.05) is 20.1 Å². The topological polar surface area (TPSA) is 102 Å². The van der Waals surface area contributed by atoms with Gasteiger partial charge in [0.25, 0.3) is 5.56 Å². The maximum Gasteiger partial charge on any atom is 0.335 e. The van der Waals surface area contributed by atoms with Gasteiger partial charge in [0.15, 0.2) is 11.2 Å². The second-order valence-corrected chi connectivity index (χ2v) is 8.25. The van der Waals surface area contributed by atoms with Crippen LogP contribution in [0.3, 0.4) is 0 Å². The van der Waals surface area contributed by atoms with Gasteiger partial charge in [-0.15, -0.1) is 5.92 Å². The Labute approximate surface area is 191 Å². The van der Waals surface area contributed by atoms with E-state index >= 15 is 0 Å². The minimum atomic E-state index is -1.01. The van der Waals surface area contributed by atoms with Crippen LogP contribution in [-0.2, 0) is 13.6 Å². The second kappa shape index (κ2) is 8.98. The fourth-order valence-electron chi connectivity index (χ4n) is 4.19. The van der Waals surface area contributed by atoms with Gasteiger partial charge in [-0.05, 0) is 63.3 Å². The third kappa shape index (κ3) is 4.16. The number of carbonyl (C=O) groups is 1. The van der Waals surface area contributed by atoms with Crippen molar-refractivity contribution >= 4 is 23.1 Å². The van der Waals surface area contributed by atoms with Crippen LogP contribution < -0.4 is 15.2 Å². The molecule has 1 aliphatic heterocycles. The van der Waals surface area contributed by atoms with E-state index < -0.39 is 5.97 Å². The number of carboxylic acid groups (broad SMARTS) is 1. The Bertz CT molecular complexity index is 1330. The molecule has 1 fully saturated rings. The highest BCUT2D eigenvalue weighted by atomic mass is 16.5. The average Bonchev–Trinajstić information content (AvgIpc) is 3.16. The molecule has 1 aromatic carbocycles. The number of aromatic nitrogens is 4. The first kappa shape index (κ1) is 22.4. The van der Waals surface area contributed by atoms with Crippen LogP contribution in [0, 0.1) is 25.7 Å². The third-order valence-electron chi connectivity index (χ3n) is 5.88. The zero-order chi connectivity index (χ0) is 23.7. The maximum absolute atomic E-state index is 13.4. The van der Waals surface area contributed by atoms with Crippen molar-refractivity contribution in [3.8, 4) is 23.6 Å². The van der Waals surface area contributed by atoms with Crippen LogP contribution in [0.1, 0.15) is 47.7 Å². The molecule has 1 aliphatic rings. The number of carboxylic acids is 1. The highest BCUT2D eigenvalue weighted by Crippen LogP contribution is 2.30. The number of hydrogen-bond acceptors (Lipinski definition) is 6. The molecule has 0 saturated carbocycles. The minimum Gasteiger partial charge on any atom is -0.478 e. The molecule has 33 heavy (non-hydrogen) atoms. The van der Waals surface area contributed by atoms with Crippen molar-refractivity contribution in [3.63, 3.8) is 0 Å². The van der Waals surface area contributed by atoms with Crippen molar-refractivity contribution in [1.82, 2.24) is 19.1 Å². The number of nitrogens with zero attached hydrogens (tertiary/aromatic N) is 5. The molecule has 0 atom stereocenters. The normalized spacial score (nSPS) is 13.6. The zero-order valence-electron chi connectivity index (χ0n) is 19.3. The van der Waals surface area contributed by atoms with Crippen molar-refractivity contribution in [2.24, 2.45) is 7.05 Å². The summed E-state index contributed by atoms with van der Waals surface area (Å²) in [7, 11) is 1.60. The fraction of sp³-hybridized carbons (Fsp3) is 0.417. The van der Waals surface area contributed by atoms with Gasteiger partial charge in [0.05, 0.1) is 12.1 Å². The van der Waals surface area contributed by atoms with Crippen LogP contribution in [-0.4, -0.2) is 43.3 Å². The lowest BCUT2D eigenvalue weighted by molar-refractivity contribution is 0.0696. The molecule has 3 aromatic rings. The van der Waals surface area contributed by atoms with E-state index in [-0.39, 0.29) is 17.1 Å². The summed E-state index contributed by atoms with van der Waals surface area (Å²) in [5, 5.41) is 9.29. The van der Waals surface area contributed by atoms with E-state index in [1.165, 1.54) is 23.1 Å². The van der Waals surface area contributed by atoms with Crippen LogP contribution in [0.5, 0.6) is 11.8 Å². The molecule has 4 rings (SSSR count). The van der Waals surface area contributed by atoms with E-state index in [0.29, 0.717) is 40.5 Å². The molecule has 1 saturated heterocycles. The molecule has 0 unspecified atom stereocenters. The molecule has 2 aromatic heterocycles. The number of aryl methyl sites for hydroxylation is 2. The number of ether oxygens (including phenoxy) is 1. The van der Waals surface area contributed by atoms with Crippen molar-refractivity contribution in [2.45, 2.75) is 46.6 Å². The molecule has 9 nitrogen and oxygen atoms in total. The molecule has 0 radical (unpaired) electrons. The molecule has 0 amide bonds. The number of imidazole rings is 1. The summed E-state index contributed by atoms with van der Waals surface area (Å²) < 4.78 is 9.23. The number of rotatable bonds is 5. The summed E-state index contributed by atoms with van der Waals surface area (Å²) in [5.74, 6) is 6.09. The predicted molar refractivity (Wildman–Crippen MR) is 125 cm³/mol. The Balaban J connectivity index is 1.83. The van der Waals surface area contributed by atoms with Crippen LogP contribution in [0.4, 0.5) is 5.95 Å². The highest BCUT2D eigenvalue weighted by Gasteiger charge is 2.24. The molecule has 0 aliphatic carbocycles. The third-order valence-corrected chi connectivity index (χ3v) is 5.88. The van der Waals surface area contributed by atoms with Gasteiger partial charge in [-0.3, -0.25) is 13.9 Å². The lowest BCUT2D eigenvalue weighted by atomic mass is 10.1. The number of aromatic carboxylic acids is 1. The average molecular weight is 450 g/mol. The summed E-state index contributed by atoms with van der Waals surface area (Å²) in [6, 6.07) is 3.17. The Kier molecular flexibility index (Phi) is 6.09. The summed E-state index contributed by atoms with van der Waals surface area (Å²) in [6.45, 7) is 7.39. The second-order valence-electron chi connectivity index (χ2n) is 8.25. The summed E-state index contributed by atoms with van der Waals surface area (Å²) in [6.07, 6.45) is 3.34. The zero-order valence-corrected chi connectivity index (χ0v) is 19.3. The number of fused-ring (bicyclic) bond motifs is 1. The van der Waals surface area contributed by atoms with Crippen LogP contribution >= 0.6 is 0 Å². The van der Waals surface area contributed by atoms with Crippen LogP contribution in [0.15, 0.2) is 16.9 Å². The van der Waals surface area contributed by atoms with Crippen molar-refractivity contribution in [3.05, 3.63) is 39.2 Å². The van der Waals surface area contributed by atoms with Crippen LogP contribution in [0.25, 0.3) is 11.2 Å². The quantitative estimate of drug-likeness (QED) is 0.597. The number of anilines is 1. The fourth-order valence-corrected chi connectivity index (χ4v) is 4.19. The standard InChI is InChI=1S/C24H27N5O4/c1-5-6-12-29-18-20(25-23(29)28-10-8-7-9-11-28)26-24(27(4)21(18)30)33-19-15(2)13-17(22(31)32)14-16(19)3/h13-14H,7-12H2,1-4H3,(H,31,32). The first-order valence-electron chi connectivity index (χ1n) is 11.0. The molecule has 3 heterocycles. The van der Waals surface area contributed by atoms with Gasteiger partial charge < -0.3 is 14.7 Å². The number of benzene rings is 1. The lowest BCUT2D eigenvalue weighted by Crippen LogP contribution is -2.32. The first-order chi connectivity index (χ1) is 15.8. The highest BCUT2D eigenvalue weighted by molar-refractivity contribution is 5.88. The Morgan fingerprint density at radius 1 is 1.15 bits per heavy atom. The van der Waals surface area contributed by atoms with Crippen molar-refractivity contribution < 1.29 is 14.6 Å². The molecule has 1 N–H and O–H groups in total. The summed E-state index contributed by atoms with van der Waals surface area (Å²) in [5.41, 5.74) is 1.88. The molecular weight excluding hydrogens is 422 g/mol. The maximum atomic E-state index is 13.4. The predicted octanol–water partition coefficient (Wildman–Crippen LogP) is 3.25. The van der Waals surface area contributed by atoms with Gasteiger partial charge in [-0.1, -0.05) is 5.92 Å². The van der Waals surface area contributed by atoms with E-state index in [9.17, 15) is 14.7 Å². The van der Waals surface area contributed by atoms with Gasteiger partial charge in [-0.25, -0.2) is 4.79 Å². The Morgan fingerprint density at radius 3 is 2.42 bits per heavy atom. The monoisotopic (exact) mass is 449 g/mol. The molecule has 0 spiro atoms. The Hall–Kier alpha value is -3.80. The van der Waals surface area contributed by atoms with Gasteiger partial charge >= 0.3 is 12.0 Å². The van der Waals surface area contributed by atoms with E-state index in [0.717, 1.165) is 25.9 Å². The van der Waals surface area contributed by atoms with Gasteiger partial charge in [0.2, 0.25) is 5.95 Å². The van der Waals surface area contributed by atoms with Gasteiger partial charge in [-0.2, -0.15) is 9.97 Å². The Morgan fingerprint density at radius 2 is 1.82 bits per heavy atom. The van der Waals surface area contributed by atoms with E-state index in [2.05, 4.69) is 21.7 Å².